The van der Waals surface area contributed by atoms with Crippen LogP contribution in [0.2, 0.25) is 0 Å². The van der Waals surface area contributed by atoms with E-state index < -0.39 is 17.7 Å². The van der Waals surface area contributed by atoms with E-state index in [1.807, 2.05) is 26.2 Å². The lowest BCUT2D eigenvalue weighted by molar-refractivity contribution is -0.137. The highest BCUT2D eigenvalue weighted by atomic mass is 19.3. The van der Waals surface area contributed by atoms with Gasteiger partial charge in [-0.25, -0.2) is 13.8 Å². The Morgan fingerprint density at radius 3 is 2.82 bits per heavy atom. The summed E-state index contributed by atoms with van der Waals surface area (Å²) >= 11 is 0. The summed E-state index contributed by atoms with van der Waals surface area (Å²) in [7, 11) is 1.83. The molecule has 0 radical (unpaired) electrons. The van der Waals surface area contributed by atoms with Crippen molar-refractivity contribution in [2.24, 2.45) is 13.0 Å². The predicted octanol–water partition coefficient (Wildman–Crippen LogP) is 2.04. The van der Waals surface area contributed by atoms with Crippen molar-refractivity contribution < 1.29 is 13.6 Å². The lowest BCUT2D eigenvalue weighted by Gasteiger charge is -2.41. The van der Waals surface area contributed by atoms with Gasteiger partial charge in [0.05, 0.1) is 11.9 Å². The fourth-order valence-corrected chi connectivity index (χ4v) is 3.58. The number of carbonyl (C=O) groups is 1. The molecular weight excluding hydrogens is 368 g/mol. The number of rotatable bonds is 5. The van der Waals surface area contributed by atoms with Gasteiger partial charge in [-0.2, -0.15) is 10.1 Å². The minimum Gasteiger partial charge on any atom is -0.353 e. The van der Waals surface area contributed by atoms with Gasteiger partial charge < -0.3 is 15.1 Å². The number of hydrogen-bond donors (Lipinski definition) is 1. The molecule has 1 saturated heterocycles. The summed E-state index contributed by atoms with van der Waals surface area (Å²) in [6, 6.07) is 1.70. The van der Waals surface area contributed by atoms with E-state index in [1.165, 1.54) is 0 Å². The van der Waals surface area contributed by atoms with Gasteiger partial charge in [0.2, 0.25) is 11.9 Å². The summed E-state index contributed by atoms with van der Waals surface area (Å²) < 4.78 is 28.3. The number of nitrogens with zero attached hydrogens (tertiary/aromatic N) is 6. The zero-order valence-corrected chi connectivity index (χ0v) is 15.8. The lowest BCUT2D eigenvalue weighted by Crippen LogP contribution is -2.56. The molecular formula is C18H23F2N7O. The smallest absolute Gasteiger partial charge is 0.260 e. The Kier molecular flexibility index (Phi) is 4.64. The molecule has 2 aliphatic rings. The van der Waals surface area contributed by atoms with Crippen molar-refractivity contribution in [2.75, 3.05) is 29.9 Å². The van der Waals surface area contributed by atoms with E-state index in [1.54, 1.807) is 22.0 Å². The number of halogens is 2. The minimum absolute atomic E-state index is 0.109. The summed E-state index contributed by atoms with van der Waals surface area (Å²) in [5, 5.41) is 7.21. The Morgan fingerprint density at radius 2 is 2.18 bits per heavy atom. The van der Waals surface area contributed by atoms with Crippen LogP contribution in [-0.4, -0.2) is 62.2 Å². The van der Waals surface area contributed by atoms with E-state index >= 15 is 0 Å². The van der Waals surface area contributed by atoms with Crippen LogP contribution < -0.4 is 10.2 Å². The van der Waals surface area contributed by atoms with E-state index in [0.717, 1.165) is 11.5 Å². The molecule has 0 aromatic carbocycles. The van der Waals surface area contributed by atoms with E-state index in [0.29, 0.717) is 32.0 Å². The molecule has 3 heterocycles. The first-order valence-electron chi connectivity index (χ1n) is 9.39. The van der Waals surface area contributed by atoms with E-state index in [2.05, 4.69) is 25.3 Å². The van der Waals surface area contributed by atoms with Crippen LogP contribution in [0, 0.1) is 5.92 Å². The first-order chi connectivity index (χ1) is 13.4. The summed E-state index contributed by atoms with van der Waals surface area (Å²) in [5.74, 6) is -3.19. The lowest BCUT2D eigenvalue weighted by atomic mass is 10.1. The SMILES string of the molecule is CC[C@H]1CN(c2ccnc(Nc3cnn(C)c3)n2)CCN1C(=O)C1CC1(F)F. The van der Waals surface area contributed by atoms with Gasteiger partial charge in [-0.15, -0.1) is 0 Å². The number of piperazine rings is 1. The molecule has 28 heavy (non-hydrogen) atoms. The molecule has 1 aliphatic carbocycles. The molecule has 150 valence electrons. The highest BCUT2D eigenvalue weighted by Gasteiger charge is 2.62. The van der Waals surface area contributed by atoms with Crippen molar-refractivity contribution in [1.82, 2.24) is 24.6 Å². The molecule has 2 aromatic heterocycles. The second-order valence-corrected chi connectivity index (χ2v) is 7.32. The molecule has 1 N–H and O–H groups in total. The summed E-state index contributed by atoms with van der Waals surface area (Å²) in [6.45, 7) is 3.49. The summed E-state index contributed by atoms with van der Waals surface area (Å²) in [6.07, 6.45) is 5.55. The zero-order valence-electron chi connectivity index (χ0n) is 15.8. The third-order valence-corrected chi connectivity index (χ3v) is 5.29. The summed E-state index contributed by atoms with van der Waals surface area (Å²) in [5.41, 5.74) is 0.784. The van der Waals surface area contributed by atoms with Crippen molar-refractivity contribution in [2.45, 2.75) is 31.7 Å². The third-order valence-electron chi connectivity index (χ3n) is 5.29. The van der Waals surface area contributed by atoms with Crippen LogP contribution in [-0.2, 0) is 11.8 Å². The van der Waals surface area contributed by atoms with Crippen molar-refractivity contribution in [3.8, 4) is 0 Å². The van der Waals surface area contributed by atoms with Crippen LogP contribution in [0.4, 0.5) is 26.2 Å². The predicted molar refractivity (Wildman–Crippen MR) is 99.6 cm³/mol. The molecule has 1 unspecified atom stereocenters. The molecule has 0 spiro atoms. The fourth-order valence-electron chi connectivity index (χ4n) is 3.58. The first kappa shape index (κ1) is 18.6. The van der Waals surface area contributed by atoms with Gasteiger partial charge in [0.1, 0.15) is 11.7 Å². The average Bonchev–Trinajstić information content (AvgIpc) is 3.13. The largest absolute Gasteiger partial charge is 0.353 e. The monoisotopic (exact) mass is 391 g/mol. The number of aryl methyl sites for hydroxylation is 1. The Hall–Kier alpha value is -2.78. The number of carbonyl (C=O) groups excluding carboxylic acids is 1. The normalized spacial score (nSPS) is 23.6. The number of amides is 1. The van der Waals surface area contributed by atoms with Crippen molar-refractivity contribution in [3.05, 3.63) is 24.7 Å². The average molecular weight is 391 g/mol. The Labute approximate surface area is 161 Å². The third kappa shape index (κ3) is 3.63. The van der Waals surface area contributed by atoms with Gasteiger partial charge in [-0.1, -0.05) is 6.92 Å². The number of aromatic nitrogens is 4. The maximum atomic E-state index is 13.3. The summed E-state index contributed by atoms with van der Waals surface area (Å²) in [4.78, 5) is 24.9. The van der Waals surface area contributed by atoms with Gasteiger partial charge in [-0.05, 0) is 12.5 Å². The second-order valence-electron chi connectivity index (χ2n) is 7.32. The molecule has 8 nitrogen and oxygen atoms in total. The highest BCUT2D eigenvalue weighted by molar-refractivity contribution is 5.83. The van der Waals surface area contributed by atoms with Gasteiger partial charge in [0.15, 0.2) is 0 Å². The molecule has 4 rings (SSSR count). The van der Waals surface area contributed by atoms with Gasteiger partial charge in [-0.3, -0.25) is 9.48 Å². The van der Waals surface area contributed by atoms with Crippen LogP contribution in [0.3, 0.4) is 0 Å². The quantitative estimate of drug-likeness (QED) is 0.840. The minimum atomic E-state index is -2.83. The van der Waals surface area contributed by atoms with Crippen LogP contribution in [0.25, 0.3) is 0 Å². The van der Waals surface area contributed by atoms with Crippen molar-refractivity contribution >= 4 is 23.4 Å². The highest BCUT2D eigenvalue weighted by Crippen LogP contribution is 2.50. The zero-order chi connectivity index (χ0) is 19.9. The van der Waals surface area contributed by atoms with Gasteiger partial charge >= 0.3 is 0 Å². The fraction of sp³-hybridized carbons (Fsp3) is 0.556. The molecule has 2 aromatic rings. The van der Waals surface area contributed by atoms with E-state index in [9.17, 15) is 13.6 Å². The van der Waals surface area contributed by atoms with Gasteiger partial charge in [0, 0.05) is 51.5 Å². The topological polar surface area (TPSA) is 79.2 Å². The molecule has 10 heteroatoms. The van der Waals surface area contributed by atoms with Crippen LogP contribution in [0.1, 0.15) is 19.8 Å². The standard InChI is InChI=1S/C18H23F2N7O/c1-3-13-11-26(6-7-27(13)16(28)14-8-18(14,19)20)15-4-5-21-17(24-15)23-12-9-22-25(2)10-12/h4-5,9-10,13-14H,3,6-8,11H2,1-2H3,(H,21,23,24)/t13-,14?/m0/s1. The first-order valence-corrected chi connectivity index (χ1v) is 9.39. The van der Waals surface area contributed by atoms with Gasteiger partial charge in [0.25, 0.3) is 5.92 Å². The number of nitrogens with one attached hydrogen (secondary N) is 1. The van der Waals surface area contributed by atoms with Crippen LogP contribution in [0.5, 0.6) is 0 Å². The van der Waals surface area contributed by atoms with Crippen molar-refractivity contribution in [3.63, 3.8) is 0 Å². The second kappa shape index (κ2) is 6.99. The Bertz CT molecular complexity index is 871. The maximum absolute atomic E-state index is 13.3. The van der Waals surface area contributed by atoms with E-state index in [4.69, 9.17) is 0 Å². The number of hydrogen-bond acceptors (Lipinski definition) is 6. The van der Waals surface area contributed by atoms with Crippen LogP contribution >= 0.6 is 0 Å². The maximum Gasteiger partial charge on any atom is 0.260 e. The number of alkyl halides is 2. The Balaban J connectivity index is 1.44. The molecule has 1 amide bonds. The molecule has 1 saturated carbocycles. The molecule has 1 aliphatic heterocycles. The molecule has 2 atom stereocenters. The molecule has 2 fully saturated rings. The Morgan fingerprint density at radius 1 is 1.39 bits per heavy atom. The van der Waals surface area contributed by atoms with E-state index in [-0.39, 0.29) is 12.5 Å². The molecule has 0 bridgehead atoms. The van der Waals surface area contributed by atoms with Crippen LogP contribution in [0.15, 0.2) is 24.7 Å². The number of anilines is 3. The van der Waals surface area contributed by atoms with Crippen molar-refractivity contribution in [1.29, 1.82) is 0 Å².